The number of nitrogens with one attached hydrogen (secondary N) is 1. The summed E-state index contributed by atoms with van der Waals surface area (Å²) < 4.78 is 5.60. The van der Waals surface area contributed by atoms with E-state index in [1.807, 2.05) is 0 Å². The Labute approximate surface area is 115 Å². The number of fused-ring (bicyclic) bond motifs is 1. The van der Waals surface area contributed by atoms with Crippen LogP contribution >= 0.6 is 0 Å². The molecule has 19 heavy (non-hydrogen) atoms. The third-order valence-corrected chi connectivity index (χ3v) is 4.39. The van der Waals surface area contributed by atoms with Crippen LogP contribution in [0.25, 0.3) is 0 Å². The summed E-state index contributed by atoms with van der Waals surface area (Å²) in [6.45, 7) is 7.29. The SMILES string of the molecule is CCC1COCCN1Cc1cccc2c1CCCN2. The predicted molar refractivity (Wildman–Crippen MR) is 78.6 cm³/mol. The first kappa shape index (κ1) is 12.9. The van der Waals surface area contributed by atoms with E-state index in [2.05, 4.69) is 35.3 Å². The number of nitrogens with zero attached hydrogens (tertiary/aromatic N) is 1. The molecule has 2 aliphatic heterocycles. The quantitative estimate of drug-likeness (QED) is 0.904. The molecule has 3 heteroatoms. The van der Waals surface area contributed by atoms with Crippen LogP contribution in [0.4, 0.5) is 5.69 Å². The van der Waals surface area contributed by atoms with Crippen molar-refractivity contribution >= 4 is 5.69 Å². The van der Waals surface area contributed by atoms with Crippen LogP contribution in [-0.2, 0) is 17.7 Å². The molecule has 2 heterocycles. The Hall–Kier alpha value is -1.06. The molecule has 1 fully saturated rings. The topological polar surface area (TPSA) is 24.5 Å². The average Bonchev–Trinajstić information content (AvgIpc) is 2.48. The van der Waals surface area contributed by atoms with E-state index in [1.54, 1.807) is 0 Å². The van der Waals surface area contributed by atoms with Crippen molar-refractivity contribution < 1.29 is 4.74 Å². The van der Waals surface area contributed by atoms with Crippen LogP contribution in [0.5, 0.6) is 0 Å². The maximum atomic E-state index is 5.60. The van der Waals surface area contributed by atoms with Gasteiger partial charge in [-0.1, -0.05) is 19.1 Å². The zero-order valence-electron chi connectivity index (χ0n) is 11.8. The summed E-state index contributed by atoms with van der Waals surface area (Å²) in [6.07, 6.45) is 3.65. The van der Waals surface area contributed by atoms with Gasteiger partial charge in [-0.3, -0.25) is 4.90 Å². The van der Waals surface area contributed by atoms with Gasteiger partial charge < -0.3 is 10.1 Å². The normalized spacial score (nSPS) is 23.7. The van der Waals surface area contributed by atoms with Gasteiger partial charge >= 0.3 is 0 Å². The second kappa shape index (κ2) is 5.93. The fraction of sp³-hybridized carbons (Fsp3) is 0.625. The Bertz CT molecular complexity index is 433. The molecule has 1 atom stereocenters. The summed E-state index contributed by atoms with van der Waals surface area (Å²) in [5, 5.41) is 3.52. The van der Waals surface area contributed by atoms with Crippen molar-refractivity contribution in [1.29, 1.82) is 0 Å². The second-order valence-corrected chi connectivity index (χ2v) is 5.58. The van der Waals surface area contributed by atoms with Gasteiger partial charge in [-0.2, -0.15) is 0 Å². The lowest BCUT2D eigenvalue weighted by Gasteiger charge is -2.36. The van der Waals surface area contributed by atoms with E-state index < -0.39 is 0 Å². The van der Waals surface area contributed by atoms with Crippen molar-refractivity contribution in [3.8, 4) is 0 Å². The monoisotopic (exact) mass is 260 g/mol. The summed E-state index contributed by atoms with van der Waals surface area (Å²) in [7, 11) is 0. The molecule has 1 N–H and O–H groups in total. The smallest absolute Gasteiger partial charge is 0.0622 e. The van der Waals surface area contributed by atoms with Gasteiger partial charge in [0.15, 0.2) is 0 Å². The Morgan fingerprint density at radius 1 is 1.42 bits per heavy atom. The Balaban J connectivity index is 1.78. The molecular weight excluding hydrogens is 236 g/mol. The summed E-state index contributed by atoms with van der Waals surface area (Å²) >= 11 is 0. The van der Waals surface area contributed by atoms with Crippen molar-refractivity contribution in [2.24, 2.45) is 0 Å². The molecule has 0 bridgehead atoms. The minimum atomic E-state index is 0.584. The number of rotatable bonds is 3. The van der Waals surface area contributed by atoms with E-state index in [1.165, 1.54) is 36.1 Å². The van der Waals surface area contributed by atoms with E-state index in [9.17, 15) is 0 Å². The van der Waals surface area contributed by atoms with E-state index in [0.29, 0.717) is 6.04 Å². The van der Waals surface area contributed by atoms with Crippen LogP contribution in [0.3, 0.4) is 0 Å². The minimum Gasteiger partial charge on any atom is -0.385 e. The highest BCUT2D eigenvalue weighted by molar-refractivity contribution is 5.56. The Morgan fingerprint density at radius 2 is 2.37 bits per heavy atom. The first-order valence-electron chi connectivity index (χ1n) is 7.55. The van der Waals surface area contributed by atoms with Gasteiger partial charge in [0.1, 0.15) is 0 Å². The highest BCUT2D eigenvalue weighted by atomic mass is 16.5. The first-order chi connectivity index (χ1) is 9.38. The fourth-order valence-corrected chi connectivity index (χ4v) is 3.22. The molecule has 104 valence electrons. The molecule has 3 nitrogen and oxygen atoms in total. The van der Waals surface area contributed by atoms with Gasteiger partial charge in [-0.25, -0.2) is 0 Å². The van der Waals surface area contributed by atoms with Gasteiger partial charge in [-0.15, -0.1) is 0 Å². The number of benzene rings is 1. The Morgan fingerprint density at radius 3 is 3.26 bits per heavy atom. The molecule has 2 aliphatic rings. The van der Waals surface area contributed by atoms with E-state index >= 15 is 0 Å². The van der Waals surface area contributed by atoms with E-state index in [4.69, 9.17) is 4.74 Å². The van der Waals surface area contributed by atoms with Crippen molar-refractivity contribution in [3.05, 3.63) is 29.3 Å². The molecule has 0 amide bonds. The Kier molecular flexibility index (Phi) is 4.04. The van der Waals surface area contributed by atoms with Gasteiger partial charge in [-0.05, 0) is 36.5 Å². The molecule has 1 unspecified atom stereocenters. The minimum absolute atomic E-state index is 0.584. The van der Waals surface area contributed by atoms with Crippen molar-refractivity contribution in [2.75, 3.05) is 31.6 Å². The van der Waals surface area contributed by atoms with E-state index in [0.717, 1.165) is 32.8 Å². The number of morpholine rings is 1. The molecule has 0 radical (unpaired) electrons. The number of hydrogen-bond donors (Lipinski definition) is 1. The molecular formula is C16H24N2O. The highest BCUT2D eigenvalue weighted by Gasteiger charge is 2.23. The fourth-order valence-electron chi connectivity index (χ4n) is 3.22. The van der Waals surface area contributed by atoms with Gasteiger partial charge in [0.05, 0.1) is 13.2 Å². The third kappa shape index (κ3) is 2.77. The van der Waals surface area contributed by atoms with Crippen LogP contribution in [0.15, 0.2) is 18.2 Å². The van der Waals surface area contributed by atoms with Crippen molar-refractivity contribution in [1.82, 2.24) is 4.90 Å². The van der Waals surface area contributed by atoms with Gasteiger partial charge in [0, 0.05) is 31.4 Å². The number of ether oxygens (including phenoxy) is 1. The molecule has 0 saturated carbocycles. The second-order valence-electron chi connectivity index (χ2n) is 5.58. The summed E-state index contributed by atoms with van der Waals surface area (Å²) in [5.41, 5.74) is 4.39. The van der Waals surface area contributed by atoms with Crippen LogP contribution in [-0.4, -0.2) is 37.2 Å². The first-order valence-corrected chi connectivity index (χ1v) is 7.55. The maximum Gasteiger partial charge on any atom is 0.0622 e. The standard InChI is InChI=1S/C16H24N2O/c1-2-14-12-19-10-9-18(14)11-13-5-3-7-16-15(13)6-4-8-17-16/h3,5,7,14,17H,2,4,6,8-12H2,1H3. The van der Waals surface area contributed by atoms with Gasteiger partial charge in [0.25, 0.3) is 0 Å². The molecule has 1 aromatic carbocycles. The lowest BCUT2D eigenvalue weighted by atomic mass is 9.96. The average molecular weight is 260 g/mol. The molecule has 1 saturated heterocycles. The van der Waals surface area contributed by atoms with Crippen LogP contribution < -0.4 is 5.32 Å². The summed E-state index contributed by atoms with van der Waals surface area (Å²) in [5.74, 6) is 0. The molecule has 3 rings (SSSR count). The number of hydrogen-bond acceptors (Lipinski definition) is 3. The van der Waals surface area contributed by atoms with E-state index in [-0.39, 0.29) is 0 Å². The zero-order valence-corrected chi connectivity index (χ0v) is 11.8. The molecule has 0 aromatic heterocycles. The number of anilines is 1. The highest BCUT2D eigenvalue weighted by Crippen LogP contribution is 2.27. The summed E-state index contributed by atoms with van der Waals surface area (Å²) in [4.78, 5) is 2.59. The van der Waals surface area contributed by atoms with Crippen LogP contribution in [0.1, 0.15) is 30.9 Å². The zero-order chi connectivity index (χ0) is 13.1. The summed E-state index contributed by atoms with van der Waals surface area (Å²) in [6, 6.07) is 7.29. The predicted octanol–water partition coefficient (Wildman–Crippen LogP) is 2.66. The van der Waals surface area contributed by atoms with Crippen molar-refractivity contribution in [3.63, 3.8) is 0 Å². The van der Waals surface area contributed by atoms with Crippen molar-refractivity contribution in [2.45, 2.75) is 38.8 Å². The largest absolute Gasteiger partial charge is 0.385 e. The molecule has 1 aromatic rings. The third-order valence-electron chi connectivity index (χ3n) is 4.39. The van der Waals surface area contributed by atoms with Crippen LogP contribution in [0, 0.1) is 0 Å². The van der Waals surface area contributed by atoms with Gasteiger partial charge in [0.2, 0.25) is 0 Å². The molecule has 0 aliphatic carbocycles. The maximum absolute atomic E-state index is 5.60. The lowest BCUT2D eigenvalue weighted by molar-refractivity contribution is -0.0128. The van der Waals surface area contributed by atoms with Crippen LogP contribution in [0.2, 0.25) is 0 Å². The lowest BCUT2D eigenvalue weighted by Crippen LogP contribution is -2.44. The molecule has 0 spiro atoms.